The van der Waals surface area contributed by atoms with Gasteiger partial charge in [0.15, 0.2) is 0 Å². The van der Waals surface area contributed by atoms with Gasteiger partial charge < -0.3 is 0 Å². The molecular formula is C8H14N2S. The molecule has 0 saturated carbocycles. The average molecular weight is 170 g/mol. The molecule has 11 heavy (non-hydrogen) atoms. The first kappa shape index (κ1) is 8.71. The topological polar surface area (TPSA) is 38.0 Å². The van der Waals surface area contributed by atoms with E-state index in [-0.39, 0.29) is 0 Å². The predicted octanol–water partition coefficient (Wildman–Crippen LogP) is 1.91. The molecule has 1 unspecified atom stereocenters. The summed E-state index contributed by atoms with van der Waals surface area (Å²) >= 11 is 1.71. The van der Waals surface area contributed by atoms with Crippen LogP contribution in [0, 0.1) is 5.92 Å². The van der Waals surface area contributed by atoms with Crippen LogP contribution < -0.4 is 11.3 Å². The average Bonchev–Trinajstić information content (AvgIpc) is 2.40. The predicted molar refractivity (Wildman–Crippen MR) is 49.2 cm³/mol. The highest BCUT2D eigenvalue weighted by Gasteiger charge is 2.13. The lowest BCUT2D eigenvalue weighted by Gasteiger charge is -2.18. The summed E-state index contributed by atoms with van der Waals surface area (Å²) in [5.74, 6) is 5.96. The summed E-state index contributed by atoms with van der Waals surface area (Å²) in [6.07, 6.45) is 0. The molecule has 62 valence electrons. The highest BCUT2D eigenvalue weighted by Crippen LogP contribution is 2.22. The summed E-state index contributed by atoms with van der Waals surface area (Å²) in [6, 6.07) is 2.40. The van der Waals surface area contributed by atoms with Gasteiger partial charge in [-0.05, 0) is 28.3 Å². The fourth-order valence-electron chi connectivity index (χ4n) is 1.13. The van der Waals surface area contributed by atoms with Gasteiger partial charge in [-0.15, -0.1) is 0 Å². The second-order valence-electron chi connectivity index (χ2n) is 2.95. The molecule has 3 heteroatoms. The lowest BCUT2D eigenvalue weighted by Crippen LogP contribution is -2.31. The smallest absolute Gasteiger partial charge is 0.0491 e. The van der Waals surface area contributed by atoms with E-state index in [1.165, 1.54) is 5.56 Å². The van der Waals surface area contributed by atoms with Crippen molar-refractivity contribution in [2.24, 2.45) is 11.8 Å². The van der Waals surface area contributed by atoms with Gasteiger partial charge in [0.25, 0.3) is 0 Å². The lowest BCUT2D eigenvalue weighted by atomic mass is 10.00. The molecule has 1 rings (SSSR count). The van der Waals surface area contributed by atoms with Crippen molar-refractivity contribution in [1.29, 1.82) is 0 Å². The van der Waals surface area contributed by atoms with Crippen molar-refractivity contribution in [2.75, 3.05) is 0 Å². The molecule has 0 aliphatic heterocycles. The first-order valence-corrected chi connectivity index (χ1v) is 4.68. The fraction of sp³-hybridized carbons (Fsp3) is 0.500. The van der Waals surface area contributed by atoms with Crippen LogP contribution >= 0.6 is 11.3 Å². The Labute approximate surface area is 71.4 Å². The van der Waals surface area contributed by atoms with Crippen LogP contribution in [0.3, 0.4) is 0 Å². The van der Waals surface area contributed by atoms with E-state index in [0.29, 0.717) is 12.0 Å². The zero-order valence-corrected chi connectivity index (χ0v) is 7.69. The Morgan fingerprint density at radius 1 is 1.55 bits per heavy atom. The van der Waals surface area contributed by atoms with Crippen molar-refractivity contribution < 1.29 is 0 Å². The van der Waals surface area contributed by atoms with Crippen LogP contribution in [0.2, 0.25) is 0 Å². The molecule has 1 heterocycles. The SMILES string of the molecule is CC(C)C(NN)c1ccsc1. The molecule has 2 nitrogen and oxygen atoms in total. The van der Waals surface area contributed by atoms with Gasteiger partial charge in [-0.25, -0.2) is 0 Å². The van der Waals surface area contributed by atoms with E-state index in [1.807, 2.05) is 0 Å². The number of thiophene rings is 1. The Morgan fingerprint density at radius 3 is 2.64 bits per heavy atom. The zero-order valence-electron chi connectivity index (χ0n) is 6.87. The maximum absolute atomic E-state index is 5.42. The van der Waals surface area contributed by atoms with Crippen molar-refractivity contribution in [3.63, 3.8) is 0 Å². The largest absolute Gasteiger partial charge is 0.271 e. The van der Waals surface area contributed by atoms with E-state index < -0.39 is 0 Å². The standard InChI is InChI=1S/C8H14N2S/c1-6(2)8(10-9)7-3-4-11-5-7/h3-6,8,10H,9H2,1-2H3. The van der Waals surface area contributed by atoms with Crippen LogP contribution in [-0.2, 0) is 0 Å². The van der Waals surface area contributed by atoms with E-state index in [4.69, 9.17) is 5.84 Å². The first-order valence-electron chi connectivity index (χ1n) is 3.74. The van der Waals surface area contributed by atoms with Crippen LogP contribution in [-0.4, -0.2) is 0 Å². The van der Waals surface area contributed by atoms with E-state index in [0.717, 1.165) is 0 Å². The van der Waals surface area contributed by atoms with Gasteiger partial charge in [-0.3, -0.25) is 11.3 Å². The molecule has 0 bridgehead atoms. The van der Waals surface area contributed by atoms with E-state index in [9.17, 15) is 0 Å². The number of hydrogen-bond donors (Lipinski definition) is 2. The number of nitrogens with two attached hydrogens (primary N) is 1. The quantitative estimate of drug-likeness (QED) is 0.537. The second-order valence-corrected chi connectivity index (χ2v) is 3.73. The molecule has 0 aliphatic carbocycles. The monoisotopic (exact) mass is 170 g/mol. The van der Waals surface area contributed by atoms with Crippen molar-refractivity contribution in [3.05, 3.63) is 22.4 Å². The van der Waals surface area contributed by atoms with Gasteiger partial charge in [0.2, 0.25) is 0 Å². The Kier molecular flexibility index (Phi) is 3.05. The molecule has 0 radical (unpaired) electrons. The Bertz CT molecular complexity index is 194. The number of rotatable bonds is 3. The normalized spacial score (nSPS) is 13.8. The summed E-state index contributed by atoms with van der Waals surface area (Å²) in [4.78, 5) is 0. The van der Waals surface area contributed by atoms with Gasteiger partial charge in [-0.1, -0.05) is 13.8 Å². The molecular weight excluding hydrogens is 156 g/mol. The van der Waals surface area contributed by atoms with Gasteiger partial charge >= 0.3 is 0 Å². The molecule has 0 fully saturated rings. The molecule has 1 aromatic rings. The van der Waals surface area contributed by atoms with E-state index in [1.54, 1.807) is 11.3 Å². The van der Waals surface area contributed by atoms with Gasteiger partial charge in [0.05, 0.1) is 0 Å². The summed E-state index contributed by atoms with van der Waals surface area (Å²) in [7, 11) is 0. The maximum Gasteiger partial charge on any atom is 0.0491 e. The lowest BCUT2D eigenvalue weighted by molar-refractivity contribution is 0.422. The highest BCUT2D eigenvalue weighted by molar-refractivity contribution is 7.07. The van der Waals surface area contributed by atoms with E-state index in [2.05, 4.69) is 36.1 Å². The summed E-state index contributed by atoms with van der Waals surface area (Å²) < 4.78 is 0. The Morgan fingerprint density at radius 2 is 2.27 bits per heavy atom. The van der Waals surface area contributed by atoms with Crippen molar-refractivity contribution in [1.82, 2.24) is 5.43 Å². The third kappa shape index (κ3) is 2.02. The number of hydrazine groups is 1. The minimum absolute atomic E-state index is 0.293. The minimum Gasteiger partial charge on any atom is -0.271 e. The third-order valence-electron chi connectivity index (χ3n) is 1.75. The highest BCUT2D eigenvalue weighted by atomic mass is 32.1. The minimum atomic E-state index is 0.293. The second kappa shape index (κ2) is 3.85. The van der Waals surface area contributed by atoms with Gasteiger partial charge in [0.1, 0.15) is 0 Å². The molecule has 0 amide bonds. The van der Waals surface area contributed by atoms with Crippen molar-refractivity contribution in [2.45, 2.75) is 19.9 Å². The van der Waals surface area contributed by atoms with Crippen LogP contribution in [0.1, 0.15) is 25.5 Å². The molecule has 0 aliphatic rings. The van der Waals surface area contributed by atoms with Crippen LogP contribution in [0.25, 0.3) is 0 Å². The van der Waals surface area contributed by atoms with Crippen LogP contribution in [0.15, 0.2) is 16.8 Å². The Balaban J connectivity index is 2.71. The van der Waals surface area contributed by atoms with E-state index >= 15 is 0 Å². The molecule has 1 atom stereocenters. The maximum atomic E-state index is 5.42. The number of nitrogens with one attached hydrogen (secondary N) is 1. The third-order valence-corrected chi connectivity index (χ3v) is 2.45. The molecule has 0 spiro atoms. The van der Waals surface area contributed by atoms with Crippen LogP contribution in [0.5, 0.6) is 0 Å². The molecule has 0 saturated heterocycles. The zero-order chi connectivity index (χ0) is 8.27. The van der Waals surface area contributed by atoms with Gasteiger partial charge in [-0.2, -0.15) is 11.3 Å². The summed E-state index contributed by atoms with van der Waals surface area (Å²) in [6.45, 7) is 4.31. The summed E-state index contributed by atoms with van der Waals surface area (Å²) in [5, 5.41) is 4.20. The fourth-order valence-corrected chi connectivity index (χ4v) is 1.82. The summed E-state index contributed by atoms with van der Waals surface area (Å²) in [5.41, 5.74) is 4.10. The van der Waals surface area contributed by atoms with Gasteiger partial charge in [0, 0.05) is 6.04 Å². The molecule has 0 aromatic carbocycles. The molecule has 1 aromatic heterocycles. The molecule has 3 N–H and O–H groups in total. The number of hydrogen-bond acceptors (Lipinski definition) is 3. The first-order chi connectivity index (χ1) is 5.25. The van der Waals surface area contributed by atoms with Crippen molar-refractivity contribution >= 4 is 11.3 Å². The van der Waals surface area contributed by atoms with Crippen LogP contribution in [0.4, 0.5) is 0 Å². The Hall–Kier alpha value is -0.380. The van der Waals surface area contributed by atoms with Crippen molar-refractivity contribution in [3.8, 4) is 0 Å².